The molecule has 1 aromatic rings. The van der Waals surface area contributed by atoms with Crippen LogP contribution in [0.4, 0.5) is 4.39 Å². The van der Waals surface area contributed by atoms with Crippen LogP contribution in [0.25, 0.3) is 0 Å². The molecular formula is C17H28FIN4O2. The van der Waals surface area contributed by atoms with E-state index in [1.54, 1.807) is 26.3 Å². The van der Waals surface area contributed by atoms with Crippen molar-refractivity contribution >= 4 is 29.9 Å². The maximum absolute atomic E-state index is 13.7. The molecule has 0 amide bonds. The van der Waals surface area contributed by atoms with Crippen molar-refractivity contribution in [1.82, 2.24) is 15.5 Å². The van der Waals surface area contributed by atoms with Crippen molar-refractivity contribution in [3.63, 3.8) is 0 Å². The zero-order valence-electron chi connectivity index (χ0n) is 14.8. The second kappa shape index (κ2) is 12.4. The summed E-state index contributed by atoms with van der Waals surface area (Å²) in [4.78, 5) is 6.52. The summed E-state index contributed by atoms with van der Waals surface area (Å²) in [5.41, 5.74) is 0.955. The van der Waals surface area contributed by atoms with Crippen molar-refractivity contribution in [2.45, 2.75) is 6.04 Å². The van der Waals surface area contributed by atoms with Gasteiger partial charge in [-0.25, -0.2) is 4.39 Å². The van der Waals surface area contributed by atoms with Crippen molar-refractivity contribution in [2.75, 3.05) is 60.2 Å². The highest BCUT2D eigenvalue weighted by Crippen LogP contribution is 2.22. The summed E-state index contributed by atoms with van der Waals surface area (Å²) >= 11 is 0. The minimum atomic E-state index is -0.214. The summed E-state index contributed by atoms with van der Waals surface area (Å²) in [7, 11) is 3.39. The number of benzene rings is 1. The van der Waals surface area contributed by atoms with Gasteiger partial charge in [0.05, 0.1) is 25.9 Å². The van der Waals surface area contributed by atoms with E-state index < -0.39 is 0 Å². The van der Waals surface area contributed by atoms with Crippen LogP contribution in [-0.4, -0.2) is 71.0 Å². The van der Waals surface area contributed by atoms with Gasteiger partial charge in [0.1, 0.15) is 5.82 Å². The Morgan fingerprint density at radius 1 is 1.36 bits per heavy atom. The van der Waals surface area contributed by atoms with Crippen LogP contribution in [-0.2, 0) is 9.47 Å². The second-order valence-corrected chi connectivity index (χ2v) is 5.59. The van der Waals surface area contributed by atoms with E-state index in [1.807, 2.05) is 6.07 Å². The molecule has 1 saturated heterocycles. The Hall–Kier alpha value is -0.970. The third-order valence-corrected chi connectivity index (χ3v) is 4.00. The number of nitrogens with zero attached hydrogens (tertiary/aromatic N) is 2. The molecule has 1 aliphatic heterocycles. The van der Waals surface area contributed by atoms with E-state index in [0.717, 1.165) is 18.7 Å². The molecule has 0 saturated carbocycles. The number of ether oxygens (including phenoxy) is 2. The molecule has 0 bridgehead atoms. The summed E-state index contributed by atoms with van der Waals surface area (Å²) in [5.74, 6) is 0.495. The lowest BCUT2D eigenvalue weighted by Crippen LogP contribution is -2.46. The molecule has 2 N–H and O–H groups in total. The average Bonchev–Trinajstić information content (AvgIpc) is 2.61. The molecule has 1 aromatic carbocycles. The molecule has 1 heterocycles. The van der Waals surface area contributed by atoms with Crippen molar-refractivity contribution in [1.29, 1.82) is 0 Å². The fourth-order valence-corrected chi connectivity index (χ4v) is 2.75. The number of rotatable bonds is 7. The molecule has 142 valence electrons. The van der Waals surface area contributed by atoms with E-state index in [2.05, 4.69) is 20.5 Å². The molecular weight excluding hydrogens is 438 g/mol. The van der Waals surface area contributed by atoms with Gasteiger partial charge >= 0.3 is 0 Å². The smallest absolute Gasteiger partial charge is 0.191 e. The molecule has 1 fully saturated rings. The van der Waals surface area contributed by atoms with Crippen molar-refractivity contribution in [3.8, 4) is 0 Å². The van der Waals surface area contributed by atoms with E-state index in [0.29, 0.717) is 38.9 Å². The summed E-state index contributed by atoms with van der Waals surface area (Å²) in [6.07, 6.45) is 0. The number of guanidine groups is 1. The molecule has 1 atom stereocenters. The van der Waals surface area contributed by atoms with Crippen LogP contribution in [0.3, 0.4) is 0 Å². The molecule has 0 aromatic heterocycles. The quantitative estimate of drug-likeness (QED) is 0.277. The van der Waals surface area contributed by atoms with Gasteiger partial charge < -0.3 is 20.1 Å². The molecule has 1 aliphatic rings. The number of hydrogen-bond donors (Lipinski definition) is 2. The van der Waals surface area contributed by atoms with Crippen LogP contribution in [0.15, 0.2) is 29.3 Å². The molecule has 0 radical (unpaired) electrons. The number of halogens is 2. The highest BCUT2D eigenvalue weighted by Gasteiger charge is 2.23. The lowest BCUT2D eigenvalue weighted by Gasteiger charge is -2.35. The first kappa shape index (κ1) is 22.1. The molecule has 8 heteroatoms. The lowest BCUT2D eigenvalue weighted by molar-refractivity contribution is 0.0169. The average molecular weight is 466 g/mol. The van der Waals surface area contributed by atoms with E-state index in [1.165, 1.54) is 6.07 Å². The van der Waals surface area contributed by atoms with Crippen molar-refractivity contribution in [2.24, 2.45) is 4.99 Å². The fraction of sp³-hybridized carbons (Fsp3) is 0.588. The maximum Gasteiger partial charge on any atom is 0.191 e. The SMILES string of the molecule is CN=C(NCCOC)NCC(c1cccc(F)c1)N1CCOCC1.I. The fourth-order valence-electron chi connectivity index (χ4n) is 2.75. The van der Waals surface area contributed by atoms with Crippen molar-refractivity contribution in [3.05, 3.63) is 35.6 Å². The van der Waals surface area contributed by atoms with Gasteiger partial charge in [-0.2, -0.15) is 0 Å². The first-order valence-electron chi connectivity index (χ1n) is 8.25. The lowest BCUT2D eigenvalue weighted by atomic mass is 10.0. The zero-order valence-corrected chi connectivity index (χ0v) is 17.2. The van der Waals surface area contributed by atoms with Crippen molar-refractivity contribution < 1.29 is 13.9 Å². The summed E-state index contributed by atoms with van der Waals surface area (Å²) in [5, 5.41) is 6.51. The molecule has 0 spiro atoms. The van der Waals surface area contributed by atoms with E-state index in [4.69, 9.17) is 9.47 Å². The van der Waals surface area contributed by atoms with Gasteiger partial charge in [-0.15, -0.1) is 24.0 Å². The van der Waals surface area contributed by atoms with Gasteiger partial charge in [0, 0.05) is 40.3 Å². The highest BCUT2D eigenvalue weighted by atomic mass is 127. The Kier molecular flexibility index (Phi) is 10.9. The minimum absolute atomic E-state index is 0. The summed E-state index contributed by atoms with van der Waals surface area (Å²) in [6, 6.07) is 6.85. The molecule has 1 unspecified atom stereocenters. The van der Waals surface area contributed by atoms with Crippen LogP contribution >= 0.6 is 24.0 Å². The van der Waals surface area contributed by atoms with Gasteiger partial charge in [0.2, 0.25) is 0 Å². The largest absolute Gasteiger partial charge is 0.383 e. The zero-order chi connectivity index (χ0) is 17.2. The third-order valence-electron chi connectivity index (χ3n) is 4.00. The van der Waals surface area contributed by atoms with Crippen LogP contribution < -0.4 is 10.6 Å². The molecule has 6 nitrogen and oxygen atoms in total. The Morgan fingerprint density at radius 2 is 2.12 bits per heavy atom. The normalized spacial score (nSPS) is 16.8. The van der Waals surface area contributed by atoms with Gasteiger partial charge in [0.15, 0.2) is 5.96 Å². The second-order valence-electron chi connectivity index (χ2n) is 5.59. The van der Waals surface area contributed by atoms with E-state index in [9.17, 15) is 4.39 Å². The number of morpholine rings is 1. The van der Waals surface area contributed by atoms with E-state index in [-0.39, 0.29) is 35.8 Å². The van der Waals surface area contributed by atoms with Crippen LogP contribution in [0.5, 0.6) is 0 Å². The predicted octanol–water partition coefficient (Wildman–Crippen LogP) is 1.63. The maximum atomic E-state index is 13.7. The van der Waals surface area contributed by atoms with Gasteiger partial charge in [-0.3, -0.25) is 9.89 Å². The monoisotopic (exact) mass is 466 g/mol. The summed E-state index contributed by atoms with van der Waals surface area (Å²) < 4.78 is 24.1. The molecule has 25 heavy (non-hydrogen) atoms. The molecule has 0 aliphatic carbocycles. The van der Waals surface area contributed by atoms with Gasteiger partial charge in [-0.1, -0.05) is 12.1 Å². The Bertz CT molecular complexity index is 527. The Morgan fingerprint density at radius 3 is 2.76 bits per heavy atom. The number of methoxy groups -OCH3 is 1. The molecule has 2 rings (SSSR count). The standard InChI is InChI=1S/C17H27FN4O2.HI/c1-19-17(20-6-9-23-2)21-13-16(22-7-10-24-11-8-22)14-4-3-5-15(18)12-14;/h3-5,12,16H,6-11,13H2,1-2H3,(H2,19,20,21);1H. The van der Waals surface area contributed by atoms with Crippen LogP contribution in [0.2, 0.25) is 0 Å². The first-order chi connectivity index (χ1) is 11.7. The first-order valence-corrected chi connectivity index (χ1v) is 8.25. The van der Waals surface area contributed by atoms with Gasteiger partial charge in [-0.05, 0) is 17.7 Å². The van der Waals surface area contributed by atoms with Crippen LogP contribution in [0, 0.1) is 5.82 Å². The van der Waals surface area contributed by atoms with Gasteiger partial charge in [0.25, 0.3) is 0 Å². The predicted molar refractivity (Wildman–Crippen MR) is 108 cm³/mol. The number of hydrogen-bond acceptors (Lipinski definition) is 4. The third kappa shape index (κ3) is 7.43. The summed E-state index contributed by atoms with van der Waals surface area (Å²) in [6.45, 7) is 4.99. The topological polar surface area (TPSA) is 58.1 Å². The number of nitrogens with one attached hydrogen (secondary N) is 2. The Balaban J connectivity index is 0.00000312. The highest BCUT2D eigenvalue weighted by molar-refractivity contribution is 14.0. The number of aliphatic imine (C=N–C) groups is 1. The Labute approximate surface area is 166 Å². The van der Waals surface area contributed by atoms with Crippen LogP contribution in [0.1, 0.15) is 11.6 Å². The van der Waals surface area contributed by atoms with E-state index >= 15 is 0 Å². The minimum Gasteiger partial charge on any atom is -0.383 e.